The van der Waals surface area contributed by atoms with Gasteiger partial charge in [-0.15, -0.1) is 0 Å². The Morgan fingerprint density at radius 1 is 0.274 bits per heavy atom. The first-order valence-electron chi connectivity index (χ1n) is 29.6. The first kappa shape index (κ1) is 62.8. The van der Waals surface area contributed by atoms with Crippen LogP contribution in [0.1, 0.15) is 244 Å². The van der Waals surface area contributed by atoms with E-state index < -0.39 is 0 Å². The molecular weight excluding hydrogens is 1040 g/mol. The van der Waals surface area contributed by atoms with Gasteiger partial charge in [-0.25, -0.2) is 0 Å². The lowest BCUT2D eigenvalue weighted by Crippen LogP contribution is -2.09. The Labute approximate surface area is 497 Å². The third-order valence-electron chi connectivity index (χ3n) is 16.3. The normalized spacial score (nSPS) is 12.4. The Morgan fingerprint density at radius 2 is 0.476 bits per heavy atom. The minimum Gasteiger partial charge on any atom is -0.361 e. The van der Waals surface area contributed by atoms with Crippen molar-refractivity contribution >= 4 is 23.1 Å². The molecule has 0 aliphatic rings. The van der Waals surface area contributed by atoms with Crippen molar-refractivity contribution in [2.24, 2.45) is 0 Å². The van der Waals surface area contributed by atoms with E-state index in [0.717, 1.165) is 135 Å². The van der Waals surface area contributed by atoms with Crippen molar-refractivity contribution in [1.29, 1.82) is 0 Å². The van der Waals surface area contributed by atoms with E-state index in [-0.39, 0.29) is 46.8 Å². The van der Waals surface area contributed by atoms with Crippen molar-refractivity contribution in [3.63, 3.8) is 0 Å². The molecule has 4 aromatic carbocycles. The molecule has 84 heavy (non-hydrogen) atoms. The monoisotopic (exact) mass is 1120 g/mol. The number of aromatic amines is 6. The number of aryl methyl sites for hydroxylation is 6. The molecule has 4 atom stereocenters. The summed E-state index contributed by atoms with van der Waals surface area (Å²) in [5, 5.41) is 0. The molecule has 0 amide bonds. The average Bonchev–Trinajstić information content (AvgIpc) is 2.51. The predicted molar refractivity (Wildman–Crippen MR) is 344 cm³/mol. The summed E-state index contributed by atoms with van der Waals surface area (Å²) in [5.41, 5.74) is 25.6. The van der Waals surface area contributed by atoms with Gasteiger partial charge < -0.3 is 29.9 Å². The molecule has 6 aromatic heterocycles. The molecule has 0 aliphatic carbocycles. The number of rotatable bonds is 16. The molecule has 0 bridgehead atoms. The molecule has 0 aliphatic heterocycles. The van der Waals surface area contributed by atoms with Crippen LogP contribution in [0.3, 0.4) is 0 Å². The van der Waals surface area contributed by atoms with E-state index in [4.69, 9.17) is 0 Å². The van der Waals surface area contributed by atoms with Crippen LogP contribution in [0.25, 0.3) is 0 Å². The maximum atomic E-state index is 12.5. The summed E-state index contributed by atoms with van der Waals surface area (Å²) in [6.07, 6.45) is 0. The number of carbonyl (C=O) groups is 4. The van der Waals surface area contributed by atoms with Gasteiger partial charge in [-0.3, -0.25) is 19.2 Å². The number of carbonyl (C=O) groups excluding carboxylic acids is 4. The standard InChI is InChI=1S/C36H39N3O2.C34H35N3O2.2C2H6/c1-19-9-13-27(14-10-19)33(35-21(3)31(25(7)40)23(5)37-35)29-17-18-30(39-29)34(28-15-11-20(2)12-16-28)36-22(4)32(26(8)41)24(6)38-36;1-19-29(23(5)38)21(3)35-33(19)31(25-13-9-7-10-14-25)27-17-18-28(37-27)32(26-15-11-8-12-16-26)34-20(2)30(24(6)39)22(4)36-34;2*1-2/h9-18,33-34,37-39H,1-8H3;7-18,31-32,35-37H,1-6H3;2*1-2H3. The highest BCUT2D eigenvalue weighted by molar-refractivity contribution is 5.99. The second-order valence-electron chi connectivity index (χ2n) is 22.0. The van der Waals surface area contributed by atoms with E-state index in [9.17, 15) is 19.2 Å². The lowest BCUT2D eigenvalue weighted by molar-refractivity contribution is 0.100. The molecule has 436 valence electrons. The third-order valence-corrected chi connectivity index (χ3v) is 16.3. The predicted octanol–water partition coefficient (Wildman–Crippen LogP) is 18.0. The van der Waals surface area contributed by atoms with Crippen molar-refractivity contribution in [1.82, 2.24) is 29.9 Å². The second kappa shape index (κ2) is 27.1. The number of hydrogen-bond donors (Lipinski definition) is 6. The second-order valence-corrected chi connectivity index (χ2v) is 22.0. The van der Waals surface area contributed by atoms with E-state index >= 15 is 0 Å². The van der Waals surface area contributed by atoms with Gasteiger partial charge in [0.25, 0.3) is 0 Å². The van der Waals surface area contributed by atoms with E-state index in [0.29, 0.717) is 0 Å². The summed E-state index contributed by atoms with van der Waals surface area (Å²) in [7, 11) is 0. The van der Waals surface area contributed by atoms with Crippen LogP contribution in [-0.4, -0.2) is 53.0 Å². The average molecular weight is 1120 g/mol. The smallest absolute Gasteiger partial charge is 0.161 e. The van der Waals surface area contributed by atoms with Crippen molar-refractivity contribution < 1.29 is 19.2 Å². The number of Topliss-reactive ketones (excluding diaryl/α,β-unsaturated/α-hetero) is 4. The van der Waals surface area contributed by atoms with Gasteiger partial charge in [0.2, 0.25) is 0 Å². The summed E-state index contributed by atoms with van der Waals surface area (Å²) < 4.78 is 0. The Morgan fingerprint density at radius 3 is 0.667 bits per heavy atom. The highest BCUT2D eigenvalue weighted by Gasteiger charge is 2.32. The Hall–Kier alpha value is -8.76. The fourth-order valence-electron chi connectivity index (χ4n) is 12.7. The molecule has 4 unspecified atom stereocenters. The molecule has 0 fully saturated rings. The van der Waals surface area contributed by atoms with Crippen molar-refractivity contribution in [3.05, 3.63) is 280 Å². The molecule has 0 saturated heterocycles. The first-order valence-corrected chi connectivity index (χ1v) is 29.6. The van der Waals surface area contributed by atoms with Crippen LogP contribution < -0.4 is 0 Å². The summed E-state index contributed by atoms with van der Waals surface area (Å²) in [6, 6.07) is 46.5. The van der Waals surface area contributed by atoms with Crippen LogP contribution in [0, 0.1) is 69.2 Å². The highest BCUT2D eigenvalue weighted by atomic mass is 16.1. The topological polar surface area (TPSA) is 163 Å². The third kappa shape index (κ3) is 12.7. The molecule has 10 aromatic rings. The molecule has 10 rings (SSSR count). The minimum absolute atomic E-state index is 0.0643. The molecule has 0 radical (unpaired) electrons. The van der Waals surface area contributed by atoms with Gasteiger partial charge in [-0.1, -0.05) is 148 Å². The number of hydrogen-bond acceptors (Lipinski definition) is 4. The number of ketones is 4. The largest absolute Gasteiger partial charge is 0.361 e. The summed E-state index contributed by atoms with van der Waals surface area (Å²) in [4.78, 5) is 71.7. The Bertz CT molecular complexity index is 3660. The van der Waals surface area contributed by atoms with Gasteiger partial charge >= 0.3 is 0 Å². The zero-order valence-corrected chi connectivity index (χ0v) is 52.6. The van der Waals surface area contributed by atoms with Crippen molar-refractivity contribution in [2.45, 2.75) is 148 Å². The lowest BCUT2D eigenvalue weighted by atomic mass is 9.89. The Balaban J connectivity index is 0.000000228. The van der Waals surface area contributed by atoms with Gasteiger partial charge in [0.05, 0.1) is 23.7 Å². The van der Waals surface area contributed by atoms with Gasteiger partial charge in [-0.05, 0) is 166 Å². The first-order chi connectivity index (χ1) is 40.2. The molecular formula is C74H86N6O4. The van der Waals surface area contributed by atoms with E-state index in [2.05, 4.69) is 141 Å². The number of nitrogens with one attached hydrogen (secondary N) is 6. The maximum absolute atomic E-state index is 12.5. The molecule has 6 N–H and O–H groups in total. The fraction of sp³-hybridized carbons (Fsp3) is 0.297. The van der Waals surface area contributed by atoms with Crippen molar-refractivity contribution in [3.8, 4) is 0 Å². The highest BCUT2D eigenvalue weighted by Crippen LogP contribution is 2.42. The van der Waals surface area contributed by atoms with Crippen LogP contribution >= 0.6 is 0 Å². The molecule has 6 heterocycles. The van der Waals surface area contributed by atoms with E-state index in [1.807, 2.05) is 119 Å². The van der Waals surface area contributed by atoms with Crippen LogP contribution in [0.2, 0.25) is 0 Å². The molecule has 10 nitrogen and oxygen atoms in total. The Kier molecular flexibility index (Phi) is 20.3. The van der Waals surface area contributed by atoms with Crippen LogP contribution in [0.4, 0.5) is 0 Å². The summed E-state index contributed by atoms with van der Waals surface area (Å²) in [5.74, 6) is -0.191. The number of aromatic nitrogens is 6. The zero-order valence-electron chi connectivity index (χ0n) is 52.6. The molecule has 0 spiro atoms. The van der Waals surface area contributed by atoms with Gasteiger partial charge in [0.1, 0.15) is 0 Å². The minimum atomic E-state index is -0.117. The van der Waals surface area contributed by atoms with Crippen LogP contribution in [0.15, 0.2) is 133 Å². The quantitative estimate of drug-likeness (QED) is 0.0531. The molecule has 0 saturated carbocycles. The van der Waals surface area contributed by atoms with E-state index in [1.165, 1.54) is 11.1 Å². The number of benzene rings is 4. The maximum Gasteiger partial charge on any atom is 0.161 e. The van der Waals surface area contributed by atoms with Gasteiger partial charge in [-0.2, -0.15) is 0 Å². The van der Waals surface area contributed by atoms with Gasteiger partial charge in [0.15, 0.2) is 23.1 Å². The van der Waals surface area contributed by atoms with Crippen LogP contribution in [0.5, 0.6) is 0 Å². The zero-order chi connectivity index (χ0) is 61.4. The summed E-state index contributed by atoms with van der Waals surface area (Å²) in [6.45, 7) is 34.7. The molecule has 10 heteroatoms. The lowest BCUT2D eigenvalue weighted by Gasteiger charge is -2.20. The van der Waals surface area contributed by atoms with E-state index in [1.54, 1.807) is 27.7 Å². The fourth-order valence-corrected chi connectivity index (χ4v) is 12.7. The van der Waals surface area contributed by atoms with Crippen molar-refractivity contribution in [2.75, 3.05) is 0 Å². The summed E-state index contributed by atoms with van der Waals surface area (Å²) >= 11 is 0. The SMILES string of the molecule is CC.CC.CC(=O)c1c(C)[nH]c(C(c2ccc(C)cc2)c2ccc(C(c3ccc(C)cc3)c3[nH]c(C)c(C(C)=O)c3C)[nH]2)c1C.CC(=O)c1c(C)[nH]c(C(c2ccccc2)c2ccc(C(c3ccccc3)c3[nH]c(C)c(C(C)=O)c3C)[nH]2)c1C. The van der Waals surface area contributed by atoms with Crippen LogP contribution in [-0.2, 0) is 0 Å². The number of H-pyrrole nitrogens is 6. The van der Waals surface area contributed by atoms with Gasteiger partial charge in [0, 0.05) is 90.6 Å².